The number of likely N-dealkylation sites (tertiary alicyclic amines) is 1. The summed E-state index contributed by atoms with van der Waals surface area (Å²) in [6.45, 7) is 8.38. The third-order valence-electron chi connectivity index (χ3n) is 8.95. The molecule has 2 aromatic rings. The molecule has 1 saturated carbocycles. The van der Waals surface area contributed by atoms with Crippen molar-refractivity contribution in [3.05, 3.63) is 29.2 Å². The van der Waals surface area contributed by atoms with Gasteiger partial charge in [0.1, 0.15) is 12.1 Å². The molecule has 2 aliphatic heterocycles. The lowest BCUT2D eigenvalue weighted by Gasteiger charge is -2.55. The molecule has 2 N–H and O–H groups in total. The van der Waals surface area contributed by atoms with Crippen molar-refractivity contribution < 1.29 is 14.0 Å². The summed E-state index contributed by atoms with van der Waals surface area (Å²) in [7, 11) is 3.41. The van der Waals surface area contributed by atoms with Crippen LogP contribution in [0.5, 0.6) is 0 Å². The van der Waals surface area contributed by atoms with Crippen LogP contribution in [-0.4, -0.2) is 66.1 Å². The minimum absolute atomic E-state index is 0.201. The fourth-order valence-corrected chi connectivity index (χ4v) is 6.83. The Hall–Kier alpha value is -2.32. The van der Waals surface area contributed by atoms with Gasteiger partial charge in [-0.25, -0.2) is 4.39 Å². The van der Waals surface area contributed by atoms with Gasteiger partial charge in [-0.1, -0.05) is 13.8 Å². The van der Waals surface area contributed by atoms with Gasteiger partial charge in [0.05, 0.1) is 17.1 Å². The predicted molar refractivity (Wildman–Crippen MR) is 145 cm³/mol. The number of likely N-dealkylation sites (N-methyl/N-ethyl adjacent to an activating group) is 1. The van der Waals surface area contributed by atoms with Gasteiger partial charge in [0.2, 0.25) is 5.91 Å². The number of piperidine rings is 2. The Morgan fingerprint density at radius 3 is 2.54 bits per heavy atom. The smallest absolute Gasteiger partial charge is 0.228 e. The van der Waals surface area contributed by atoms with Crippen LogP contribution in [0, 0.1) is 11.2 Å². The first-order valence-corrected chi connectivity index (χ1v) is 14.2. The zero-order valence-corrected chi connectivity index (χ0v) is 23.0. The first-order valence-electron chi connectivity index (χ1n) is 14.2. The highest BCUT2D eigenvalue weighted by Crippen LogP contribution is 2.50. The minimum atomic E-state index is -0.576. The van der Waals surface area contributed by atoms with Crippen molar-refractivity contribution in [2.75, 3.05) is 33.2 Å². The lowest BCUT2D eigenvalue weighted by atomic mass is 9.60. The van der Waals surface area contributed by atoms with Crippen molar-refractivity contribution >= 4 is 23.1 Å². The molecule has 204 valence electrons. The van der Waals surface area contributed by atoms with E-state index in [1.165, 1.54) is 25.7 Å². The molecule has 1 amide bonds. The normalized spacial score (nSPS) is 21.2. The second-order valence-corrected chi connectivity index (χ2v) is 10.9. The predicted octanol–water partition coefficient (Wildman–Crippen LogP) is 4.26. The van der Waals surface area contributed by atoms with E-state index < -0.39 is 5.92 Å². The summed E-state index contributed by atoms with van der Waals surface area (Å²) in [5, 5.41) is 11.4. The van der Waals surface area contributed by atoms with Gasteiger partial charge in [-0.05, 0) is 100 Å². The molecule has 0 bridgehead atoms. The number of nitrogens with one attached hydrogen (secondary N) is 2. The van der Waals surface area contributed by atoms with Crippen molar-refractivity contribution in [1.29, 1.82) is 0 Å². The number of hydrogen-bond donors (Lipinski definition) is 2. The molecule has 3 fully saturated rings. The molecule has 7 nitrogen and oxygen atoms in total. The number of aryl methyl sites for hydroxylation is 1. The topological polar surface area (TPSA) is 79.3 Å². The van der Waals surface area contributed by atoms with Gasteiger partial charge in [0.25, 0.3) is 0 Å². The summed E-state index contributed by atoms with van der Waals surface area (Å²) in [5.41, 5.74) is 2.73. The number of nitrogens with zero attached hydrogens (tertiary/aromatic N) is 3. The minimum Gasteiger partial charge on any atom is -0.359 e. The summed E-state index contributed by atoms with van der Waals surface area (Å²) < 4.78 is 17.2. The monoisotopic (exact) mass is 513 g/mol. The fraction of sp³-hybridized carbons (Fsp3) is 0.690. The first-order chi connectivity index (χ1) is 17.9. The highest BCUT2D eigenvalue weighted by Gasteiger charge is 2.47. The zero-order chi connectivity index (χ0) is 26.6. The quantitative estimate of drug-likeness (QED) is 0.541. The highest BCUT2D eigenvalue weighted by atomic mass is 19.1. The molecule has 1 spiro atoms. The van der Waals surface area contributed by atoms with Crippen molar-refractivity contribution in [1.82, 2.24) is 25.3 Å². The lowest BCUT2D eigenvalue weighted by Crippen LogP contribution is -2.55. The number of rotatable bonds is 7. The molecule has 3 heterocycles. The largest absolute Gasteiger partial charge is 0.359 e. The van der Waals surface area contributed by atoms with Crippen LogP contribution >= 0.6 is 0 Å². The van der Waals surface area contributed by atoms with Gasteiger partial charge in [0.15, 0.2) is 0 Å². The number of carbonyl (C=O) groups is 2. The van der Waals surface area contributed by atoms with Crippen LogP contribution in [0.25, 0.3) is 10.9 Å². The molecule has 8 heteroatoms. The van der Waals surface area contributed by atoms with Crippen molar-refractivity contribution in [3.8, 4) is 0 Å². The number of benzene rings is 1. The zero-order valence-electron chi connectivity index (χ0n) is 23.0. The molecule has 1 atom stereocenters. The van der Waals surface area contributed by atoms with E-state index in [0.717, 1.165) is 56.4 Å². The van der Waals surface area contributed by atoms with Crippen molar-refractivity contribution in [2.45, 2.75) is 83.1 Å². The van der Waals surface area contributed by atoms with Crippen LogP contribution in [0.1, 0.15) is 88.3 Å². The lowest BCUT2D eigenvalue weighted by molar-refractivity contribution is -0.122. The van der Waals surface area contributed by atoms with Crippen molar-refractivity contribution in [3.63, 3.8) is 0 Å². The summed E-state index contributed by atoms with van der Waals surface area (Å²) >= 11 is 0. The van der Waals surface area contributed by atoms with Crippen LogP contribution in [0.4, 0.5) is 4.39 Å². The molecule has 0 radical (unpaired) electrons. The number of aromatic nitrogens is 2. The first kappa shape index (κ1) is 27.7. The van der Waals surface area contributed by atoms with Gasteiger partial charge in [-0.3, -0.25) is 9.48 Å². The molecule has 1 aromatic heterocycles. The average Bonchev–Trinajstić information content (AvgIpc) is 3.23. The second-order valence-electron chi connectivity index (χ2n) is 10.9. The molecule has 37 heavy (non-hydrogen) atoms. The standard InChI is InChI=1S/C27H38FN5O2.C2H6/c1-29-26(35)20(4-3-13-34)25-22-14-23(28)21(15-24(22)32(2)31-25)18-5-11-33(12-6-18)19-16-27(17-19)7-9-30-10-8-27;1-2/h13-15,18-20,30H,3-12,16-17H2,1-2H3,(H,29,35);1-2H3. The van der Waals surface area contributed by atoms with Crippen LogP contribution in [-0.2, 0) is 16.6 Å². The second kappa shape index (κ2) is 12.0. The third-order valence-corrected chi connectivity index (χ3v) is 8.95. The molecular weight excluding hydrogens is 469 g/mol. The summed E-state index contributed by atoms with van der Waals surface area (Å²) in [6, 6.07) is 4.20. The third kappa shape index (κ3) is 5.60. The molecule has 5 rings (SSSR count). The molecule has 3 aliphatic rings. The molecule has 1 aliphatic carbocycles. The number of fused-ring (bicyclic) bond motifs is 1. The molecule has 1 unspecified atom stereocenters. The highest BCUT2D eigenvalue weighted by molar-refractivity contribution is 5.91. The van der Waals surface area contributed by atoms with E-state index in [0.29, 0.717) is 29.0 Å². The number of halogens is 1. The van der Waals surface area contributed by atoms with Gasteiger partial charge in [-0.15, -0.1) is 0 Å². The number of hydrogen-bond acceptors (Lipinski definition) is 5. The van der Waals surface area contributed by atoms with E-state index in [9.17, 15) is 9.59 Å². The molecular formula is C29H44FN5O2. The Morgan fingerprint density at radius 2 is 1.92 bits per heavy atom. The summed E-state index contributed by atoms with van der Waals surface area (Å²) in [5.74, 6) is -0.792. The fourth-order valence-electron chi connectivity index (χ4n) is 6.83. The van der Waals surface area contributed by atoms with E-state index >= 15 is 4.39 Å². The van der Waals surface area contributed by atoms with Crippen molar-refractivity contribution in [2.24, 2.45) is 12.5 Å². The van der Waals surface area contributed by atoms with E-state index in [-0.39, 0.29) is 24.1 Å². The Bertz CT molecular complexity index is 1080. The van der Waals surface area contributed by atoms with Crippen LogP contribution in [0.2, 0.25) is 0 Å². The maximum absolute atomic E-state index is 15.5. The van der Waals surface area contributed by atoms with Gasteiger partial charge < -0.3 is 20.3 Å². The maximum atomic E-state index is 15.5. The Kier molecular flexibility index (Phi) is 9.01. The Morgan fingerprint density at radius 1 is 1.24 bits per heavy atom. The van der Waals surface area contributed by atoms with Crippen LogP contribution in [0.3, 0.4) is 0 Å². The number of aldehydes is 1. The maximum Gasteiger partial charge on any atom is 0.228 e. The van der Waals surface area contributed by atoms with E-state index in [1.807, 2.05) is 27.0 Å². The number of amides is 1. The van der Waals surface area contributed by atoms with Gasteiger partial charge in [-0.2, -0.15) is 5.10 Å². The van der Waals surface area contributed by atoms with Gasteiger partial charge in [0, 0.05) is 31.9 Å². The van der Waals surface area contributed by atoms with Gasteiger partial charge >= 0.3 is 0 Å². The van der Waals surface area contributed by atoms with Crippen LogP contribution in [0.15, 0.2) is 12.1 Å². The summed E-state index contributed by atoms with van der Waals surface area (Å²) in [6.07, 6.45) is 8.65. The van der Waals surface area contributed by atoms with Crippen LogP contribution < -0.4 is 10.6 Å². The van der Waals surface area contributed by atoms with E-state index in [2.05, 4.69) is 20.6 Å². The molecule has 1 aromatic carbocycles. The van der Waals surface area contributed by atoms with E-state index in [4.69, 9.17) is 0 Å². The Balaban J connectivity index is 0.00000156. The average molecular weight is 514 g/mol. The Labute approximate surface area is 220 Å². The van der Waals surface area contributed by atoms with E-state index in [1.54, 1.807) is 17.8 Å². The SMILES string of the molecule is CC.CNC(=O)C(CCC=O)c1nn(C)c2cc(C3CCN(C4CC5(CCNCC5)C4)CC3)c(F)cc12. The summed E-state index contributed by atoms with van der Waals surface area (Å²) in [4.78, 5) is 26.1. The molecule has 2 saturated heterocycles. The number of carbonyl (C=O) groups excluding carboxylic acids is 2.